The zero-order chi connectivity index (χ0) is 20.1. The summed E-state index contributed by atoms with van der Waals surface area (Å²) in [6, 6.07) is 0. The summed E-state index contributed by atoms with van der Waals surface area (Å²) in [5.74, 6) is 0.116. The highest BCUT2D eigenvalue weighted by Gasteiger charge is 2.48. The molecule has 0 bridgehead atoms. The van der Waals surface area contributed by atoms with Crippen molar-refractivity contribution in [3.05, 3.63) is 12.7 Å². The lowest BCUT2D eigenvalue weighted by Crippen LogP contribution is -2.33. The van der Waals surface area contributed by atoms with Gasteiger partial charge >= 0.3 is 15.6 Å². The van der Waals surface area contributed by atoms with Gasteiger partial charge in [0.15, 0.2) is 24.5 Å². The van der Waals surface area contributed by atoms with E-state index in [0.717, 1.165) is 0 Å². The molecule has 5 atom stereocenters. The molecule has 4 heterocycles. The van der Waals surface area contributed by atoms with Gasteiger partial charge in [0.2, 0.25) is 0 Å². The second kappa shape index (κ2) is 7.07. The average Bonchev–Trinajstić information content (AvgIpc) is 3.15. The maximum atomic E-state index is 11.8. The number of phosphoric ester groups is 2. The van der Waals surface area contributed by atoms with Crippen molar-refractivity contribution >= 4 is 32.6 Å². The van der Waals surface area contributed by atoms with Crippen LogP contribution in [0.4, 0.5) is 5.82 Å². The fraction of sp³-hybridized carbons (Fsp3) is 0.545. The molecule has 1 unspecified atom stereocenters. The average molecular weight is 439 g/mol. The Morgan fingerprint density at radius 3 is 2.75 bits per heavy atom. The van der Waals surface area contributed by atoms with Gasteiger partial charge in [-0.2, -0.15) is 4.31 Å². The largest absolute Gasteiger partial charge is 0.488 e. The van der Waals surface area contributed by atoms with Gasteiger partial charge in [0.05, 0.1) is 12.9 Å². The number of anilines is 1. The van der Waals surface area contributed by atoms with Gasteiger partial charge < -0.3 is 25.6 Å². The van der Waals surface area contributed by atoms with Gasteiger partial charge in [0, 0.05) is 0 Å². The number of ether oxygens (including phenoxy) is 1. The predicted octanol–water partition coefficient (Wildman–Crippen LogP) is -0.726. The van der Waals surface area contributed by atoms with Crippen molar-refractivity contribution in [2.75, 3.05) is 19.1 Å². The van der Waals surface area contributed by atoms with Crippen LogP contribution < -0.4 is 5.73 Å². The van der Waals surface area contributed by atoms with Gasteiger partial charge in [-0.1, -0.05) is 0 Å². The zero-order valence-corrected chi connectivity index (χ0v) is 15.6. The van der Waals surface area contributed by atoms with Gasteiger partial charge in [-0.3, -0.25) is 18.1 Å². The number of aromatic nitrogens is 4. The molecule has 0 spiro atoms. The van der Waals surface area contributed by atoms with Crippen LogP contribution in [0.15, 0.2) is 12.7 Å². The molecular weight excluding hydrogens is 424 g/mol. The van der Waals surface area contributed by atoms with E-state index >= 15 is 0 Å². The highest BCUT2D eigenvalue weighted by molar-refractivity contribution is 7.62. The molecular formula is C11H15N5O10P2. The van der Waals surface area contributed by atoms with E-state index in [1.165, 1.54) is 17.2 Å². The van der Waals surface area contributed by atoms with Crippen LogP contribution in [0.25, 0.3) is 11.2 Å². The maximum Gasteiger partial charge on any atom is 0.488 e. The van der Waals surface area contributed by atoms with E-state index in [9.17, 15) is 24.2 Å². The normalized spacial score (nSPS) is 31.5. The Hall–Kier alpha value is -1.51. The van der Waals surface area contributed by atoms with E-state index in [-0.39, 0.29) is 23.8 Å². The summed E-state index contributed by atoms with van der Waals surface area (Å²) < 4.78 is 48.0. The summed E-state index contributed by atoms with van der Waals surface area (Å²) in [5.41, 5.74) is 6.22. The molecule has 2 aromatic heterocycles. The van der Waals surface area contributed by atoms with Crippen molar-refractivity contribution in [2.45, 2.75) is 24.5 Å². The molecule has 28 heavy (non-hydrogen) atoms. The summed E-state index contributed by atoms with van der Waals surface area (Å²) in [7, 11) is -8.96. The number of nitrogen functional groups attached to an aromatic ring is 1. The fourth-order valence-electron chi connectivity index (χ4n) is 2.66. The number of rotatable bonds is 6. The molecule has 5 N–H and O–H groups in total. The van der Waals surface area contributed by atoms with Crippen LogP contribution in [0.1, 0.15) is 6.23 Å². The van der Waals surface area contributed by atoms with E-state index in [0.29, 0.717) is 0 Å². The summed E-state index contributed by atoms with van der Waals surface area (Å²) >= 11 is 0. The van der Waals surface area contributed by atoms with Crippen molar-refractivity contribution < 1.29 is 46.9 Å². The Kier molecular flexibility index (Phi) is 5.00. The molecule has 15 nitrogen and oxygen atoms in total. The molecule has 2 saturated heterocycles. The van der Waals surface area contributed by atoms with Crippen molar-refractivity contribution in [1.82, 2.24) is 19.5 Å². The predicted molar refractivity (Wildman–Crippen MR) is 87.2 cm³/mol. The lowest BCUT2D eigenvalue weighted by atomic mass is 10.1. The Labute approximate surface area is 156 Å². The Bertz CT molecular complexity index is 978. The van der Waals surface area contributed by atoms with E-state index in [2.05, 4.69) is 32.8 Å². The second-order valence-corrected chi connectivity index (χ2v) is 9.06. The minimum Gasteiger partial charge on any atom is -0.387 e. The number of aliphatic hydroxyl groups excluding tert-OH is 2. The van der Waals surface area contributed by atoms with Crippen LogP contribution in [0.2, 0.25) is 0 Å². The molecule has 0 aliphatic carbocycles. The lowest BCUT2D eigenvalue weighted by molar-refractivity contribution is -0.0538. The Morgan fingerprint density at radius 2 is 2.07 bits per heavy atom. The van der Waals surface area contributed by atoms with Gasteiger partial charge in [-0.15, -0.1) is 0 Å². The fourth-order valence-corrected chi connectivity index (χ4v) is 4.85. The number of nitrogens with zero attached hydrogens (tertiary/aromatic N) is 4. The van der Waals surface area contributed by atoms with Crippen LogP contribution in [0.3, 0.4) is 0 Å². The number of nitrogens with two attached hydrogens (primary N) is 1. The number of imidazole rings is 1. The summed E-state index contributed by atoms with van der Waals surface area (Å²) in [4.78, 5) is 21.4. The van der Waals surface area contributed by atoms with Crippen LogP contribution in [0, 0.1) is 0 Å². The third-order valence-corrected chi connectivity index (χ3v) is 6.97. The number of hydrogen-bond acceptors (Lipinski definition) is 13. The van der Waals surface area contributed by atoms with Crippen LogP contribution in [0.5, 0.6) is 0 Å². The molecule has 2 aliphatic heterocycles. The van der Waals surface area contributed by atoms with Crippen molar-refractivity contribution in [1.29, 1.82) is 0 Å². The monoisotopic (exact) mass is 439 g/mol. The molecule has 0 radical (unpaired) electrons. The highest BCUT2D eigenvalue weighted by Crippen LogP contribution is 2.67. The molecule has 17 heteroatoms. The molecule has 4 rings (SSSR count). The van der Waals surface area contributed by atoms with Crippen LogP contribution in [-0.4, -0.2) is 66.3 Å². The van der Waals surface area contributed by atoms with Crippen molar-refractivity contribution in [2.24, 2.45) is 0 Å². The third-order valence-electron chi connectivity index (χ3n) is 4.03. The molecule has 2 fully saturated rings. The Morgan fingerprint density at radius 1 is 1.32 bits per heavy atom. The van der Waals surface area contributed by atoms with E-state index in [1.54, 1.807) is 0 Å². The molecule has 2 aliphatic rings. The standard InChI is InChI=1S/C11H15N5O10P2/c12-9-6-10(14-2-13-9)16(3-15-6)11-8(18)7(17)5(25-11)1-22-27(19,20)26-28(21)23-4-24-28/h2-3,5,7-8,11,17-18H,1,4H2,(H,19,20)(H2,12,13,14)/t5-,7-,8-,11-/m1/s1. The van der Waals surface area contributed by atoms with E-state index < -0.39 is 46.8 Å². The van der Waals surface area contributed by atoms with Crippen molar-refractivity contribution in [3.63, 3.8) is 0 Å². The first kappa shape index (κ1) is 19.8. The first-order valence-corrected chi connectivity index (χ1v) is 10.7. The number of fused-ring (bicyclic) bond motifs is 1. The number of hydrogen-bond donors (Lipinski definition) is 4. The molecule has 0 aromatic carbocycles. The quantitative estimate of drug-likeness (QED) is 0.409. The molecule has 0 amide bonds. The number of aliphatic hydroxyl groups is 2. The minimum absolute atomic E-state index is 0.116. The van der Waals surface area contributed by atoms with E-state index in [1.807, 2.05) is 0 Å². The lowest BCUT2D eigenvalue weighted by Gasteiger charge is -2.26. The smallest absolute Gasteiger partial charge is 0.387 e. The van der Waals surface area contributed by atoms with Gasteiger partial charge in [0.25, 0.3) is 0 Å². The van der Waals surface area contributed by atoms with Gasteiger partial charge in [-0.05, 0) is 0 Å². The molecule has 0 saturated carbocycles. The van der Waals surface area contributed by atoms with Gasteiger partial charge in [-0.25, -0.2) is 24.1 Å². The second-order valence-electron chi connectivity index (χ2n) is 5.80. The number of phosphoric acid groups is 2. The third kappa shape index (κ3) is 3.57. The summed E-state index contributed by atoms with van der Waals surface area (Å²) in [6.07, 6.45) is -2.83. The first-order chi connectivity index (χ1) is 13.2. The first-order valence-electron chi connectivity index (χ1n) is 7.71. The summed E-state index contributed by atoms with van der Waals surface area (Å²) in [5, 5.41) is 20.5. The SMILES string of the molecule is Nc1ncnc2c1ncn2[C@@H]1O[C@H](COP(=O)(O)OP2(=O)OCO2)[C@@H](O)[C@H]1O. The van der Waals surface area contributed by atoms with Crippen LogP contribution >= 0.6 is 15.6 Å². The molecule has 2 aromatic rings. The zero-order valence-electron chi connectivity index (χ0n) is 13.8. The maximum absolute atomic E-state index is 11.8. The van der Waals surface area contributed by atoms with Crippen LogP contribution in [-0.2, 0) is 31.7 Å². The Balaban J connectivity index is 1.46. The highest BCUT2D eigenvalue weighted by atomic mass is 31.3. The minimum atomic E-state index is -4.85. The van der Waals surface area contributed by atoms with Crippen molar-refractivity contribution in [3.8, 4) is 0 Å². The van der Waals surface area contributed by atoms with E-state index in [4.69, 9.17) is 10.5 Å². The summed E-state index contributed by atoms with van der Waals surface area (Å²) in [6.45, 7) is -1.02. The molecule has 154 valence electrons. The topological polar surface area (TPSA) is 211 Å². The van der Waals surface area contributed by atoms with Gasteiger partial charge in [0.1, 0.15) is 30.2 Å².